The Hall–Kier alpha value is -1.86. The Morgan fingerprint density at radius 3 is 2.88 bits per heavy atom. The molecule has 1 aromatic carbocycles. The Morgan fingerprint density at radius 1 is 1.38 bits per heavy atom. The van der Waals surface area contributed by atoms with Gasteiger partial charge in [0.25, 0.3) is 5.91 Å². The van der Waals surface area contributed by atoms with Gasteiger partial charge in [0.1, 0.15) is 12.4 Å². The highest BCUT2D eigenvalue weighted by atomic mass is 32.2. The molecule has 0 aliphatic carbocycles. The summed E-state index contributed by atoms with van der Waals surface area (Å²) in [5.41, 5.74) is 1.32. The van der Waals surface area contributed by atoms with Gasteiger partial charge in [-0.1, -0.05) is 18.7 Å². The Morgan fingerprint density at radius 2 is 2.12 bits per heavy atom. The fourth-order valence-electron chi connectivity index (χ4n) is 3.24. The van der Waals surface area contributed by atoms with Crippen molar-refractivity contribution in [1.82, 2.24) is 10.2 Å². The molecule has 1 N–H and O–H groups in total. The molecular weight excluding hydrogens is 328 g/mol. The molecule has 0 radical (unpaired) electrons. The minimum atomic E-state index is -3.11. The maximum Gasteiger partial charge on any atom is 0.257 e. The molecule has 1 aromatic rings. The van der Waals surface area contributed by atoms with Gasteiger partial charge < -0.3 is 15.0 Å². The first-order valence-corrected chi connectivity index (χ1v) is 9.80. The first-order valence-electron chi connectivity index (χ1n) is 7.98. The number of fused-ring (bicyclic) bond motifs is 1. The van der Waals surface area contributed by atoms with Crippen molar-refractivity contribution < 1.29 is 17.9 Å². The number of hydrogen-bond acceptors (Lipinski definition) is 5. The molecule has 7 heteroatoms. The Balaban J connectivity index is 1.85. The molecule has 0 bridgehead atoms. The molecule has 2 saturated heterocycles. The van der Waals surface area contributed by atoms with Crippen molar-refractivity contribution in [2.24, 2.45) is 0 Å². The number of amides is 1. The van der Waals surface area contributed by atoms with Crippen molar-refractivity contribution in [3.63, 3.8) is 0 Å². The van der Waals surface area contributed by atoms with Gasteiger partial charge in [0.2, 0.25) is 0 Å². The highest BCUT2D eigenvalue weighted by Gasteiger charge is 2.44. The minimum Gasteiger partial charge on any atom is -0.488 e. The third kappa shape index (κ3) is 3.47. The summed E-state index contributed by atoms with van der Waals surface area (Å²) in [6, 6.07) is 6.57. The third-order valence-corrected chi connectivity index (χ3v) is 6.05. The van der Waals surface area contributed by atoms with Crippen molar-refractivity contribution in [2.45, 2.75) is 19.0 Å². The van der Waals surface area contributed by atoms with E-state index in [-0.39, 0.29) is 29.5 Å². The van der Waals surface area contributed by atoms with Gasteiger partial charge >= 0.3 is 0 Å². The van der Waals surface area contributed by atoms with Crippen molar-refractivity contribution in [3.8, 4) is 5.75 Å². The van der Waals surface area contributed by atoms with Crippen LogP contribution in [-0.2, 0) is 9.84 Å². The lowest BCUT2D eigenvalue weighted by atomic mass is 10.0. The van der Waals surface area contributed by atoms with E-state index < -0.39 is 9.84 Å². The fourth-order valence-corrected chi connectivity index (χ4v) is 5.20. The lowest BCUT2D eigenvalue weighted by Crippen LogP contribution is -2.59. The molecule has 3 rings (SSSR count). The van der Waals surface area contributed by atoms with Gasteiger partial charge in [0, 0.05) is 19.1 Å². The van der Waals surface area contributed by atoms with Gasteiger partial charge in [-0.15, -0.1) is 0 Å². The summed E-state index contributed by atoms with van der Waals surface area (Å²) in [5.74, 6) is 0.433. The van der Waals surface area contributed by atoms with Gasteiger partial charge in [-0.3, -0.25) is 4.79 Å². The van der Waals surface area contributed by atoms with Gasteiger partial charge in [-0.2, -0.15) is 0 Å². The van der Waals surface area contributed by atoms with Crippen LogP contribution in [0.1, 0.15) is 17.3 Å². The number of rotatable bonds is 4. The summed E-state index contributed by atoms with van der Waals surface area (Å²) in [6.07, 6.45) is 0. The number of sulfone groups is 1. The van der Waals surface area contributed by atoms with Crippen LogP contribution in [0.15, 0.2) is 36.4 Å². The van der Waals surface area contributed by atoms with Crippen LogP contribution in [0, 0.1) is 0 Å². The molecule has 24 heavy (non-hydrogen) atoms. The molecule has 2 aliphatic heterocycles. The molecule has 0 spiro atoms. The first-order chi connectivity index (χ1) is 11.4. The van der Waals surface area contributed by atoms with Gasteiger partial charge in [0.05, 0.1) is 23.1 Å². The zero-order valence-electron chi connectivity index (χ0n) is 13.7. The number of nitrogens with zero attached hydrogens (tertiary/aromatic N) is 1. The lowest BCUT2D eigenvalue weighted by molar-refractivity contribution is 0.0617. The number of piperazine rings is 1. The SMILES string of the molecule is C=C(C)COc1ccccc1C(=O)N1CCN[C@H]2CS(=O)(=O)C[C@H]21. The molecule has 1 amide bonds. The second-order valence-corrected chi connectivity index (χ2v) is 8.60. The Bertz CT molecular complexity index is 760. The van der Waals surface area contributed by atoms with Crippen molar-refractivity contribution >= 4 is 15.7 Å². The van der Waals surface area contributed by atoms with Crippen molar-refractivity contribution in [3.05, 3.63) is 42.0 Å². The van der Waals surface area contributed by atoms with Crippen LogP contribution in [-0.4, -0.2) is 62.5 Å². The topological polar surface area (TPSA) is 75.7 Å². The van der Waals surface area contributed by atoms with E-state index in [0.29, 0.717) is 31.0 Å². The van der Waals surface area contributed by atoms with Crippen molar-refractivity contribution in [2.75, 3.05) is 31.2 Å². The average molecular weight is 350 g/mol. The summed E-state index contributed by atoms with van der Waals surface area (Å²) in [7, 11) is -3.11. The first kappa shape index (κ1) is 17.0. The largest absolute Gasteiger partial charge is 0.488 e. The van der Waals surface area contributed by atoms with Crippen LogP contribution >= 0.6 is 0 Å². The van der Waals surface area contributed by atoms with E-state index in [2.05, 4.69) is 11.9 Å². The second-order valence-electron chi connectivity index (χ2n) is 6.45. The van der Waals surface area contributed by atoms with Crippen LogP contribution in [0.2, 0.25) is 0 Å². The van der Waals surface area contributed by atoms with Crippen LogP contribution in [0.3, 0.4) is 0 Å². The molecule has 2 fully saturated rings. The number of carbonyl (C=O) groups is 1. The van der Waals surface area contributed by atoms with Crippen LogP contribution < -0.4 is 10.1 Å². The predicted octanol–water partition coefficient (Wildman–Crippen LogP) is 0.853. The summed E-state index contributed by atoms with van der Waals surface area (Å²) >= 11 is 0. The summed E-state index contributed by atoms with van der Waals surface area (Å²) < 4.78 is 29.5. The van der Waals surface area contributed by atoms with E-state index >= 15 is 0 Å². The zero-order valence-corrected chi connectivity index (χ0v) is 14.5. The van der Waals surface area contributed by atoms with Crippen LogP contribution in [0.5, 0.6) is 5.75 Å². The molecule has 130 valence electrons. The lowest BCUT2D eigenvalue weighted by Gasteiger charge is -2.37. The third-order valence-electron chi connectivity index (χ3n) is 4.33. The van der Waals surface area contributed by atoms with Crippen molar-refractivity contribution in [1.29, 1.82) is 0 Å². The number of nitrogens with one attached hydrogen (secondary N) is 1. The molecule has 6 nitrogen and oxygen atoms in total. The molecule has 0 aromatic heterocycles. The van der Waals surface area contributed by atoms with Gasteiger partial charge in [-0.25, -0.2) is 8.42 Å². The van der Waals surface area contributed by atoms with Gasteiger partial charge in [0.15, 0.2) is 9.84 Å². The normalized spacial score (nSPS) is 25.1. The quantitative estimate of drug-likeness (QED) is 0.815. The highest BCUT2D eigenvalue weighted by Crippen LogP contribution is 2.26. The van der Waals surface area contributed by atoms with Gasteiger partial charge in [-0.05, 0) is 24.6 Å². The number of carbonyl (C=O) groups excluding carboxylic acids is 1. The summed E-state index contributed by atoms with van der Waals surface area (Å²) in [6.45, 7) is 7.08. The molecule has 0 unspecified atom stereocenters. The molecule has 2 aliphatic rings. The Kier molecular flexibility index (Phi) is 4.64. The second kappa shape index (κ2) is 6.57. The van der Waals surface area contributed by atoms with E-state index in [1.165, 1.54) is 0 Å². The minimum absolute atomic E-state index is 0.0190. The van der Waals surface area contributed by atoms with Crippen LogP contribution in [0.4, 0.5) is 0 Å². The Labute approximate surface area is 142 Å². The molecule has 0 saturated carbocycles. The van der Waals surface area contributed by atoms with E-state index in [9.17, 15) is 13.2 Å². The van der Waals surface area contributed by atoms with E-state index in [4.69, 9.17) is 4.74 Å². The maximum absolute atomic E-state index is 13.0. The predicted molar refractivity (Wildman–Crippen MR) is 92.0 cm³/mol. The monoisotopic (exact) mass is 350 g/mol. The van der Waals surface area contributed by atoms with Crippen LogP contribution in [0.25, 0.3) is 0 Å². The number of benzene rings is 1. The number of hydrogen-bond donors (Lipinski definition) is 1. The average Bonchev–Trinajstić information content (AvgIpc) is 2.86. The van der Waals surface area contributed by atoms with E-state index in [0.717, 1.165) is 5.57 Å². The summed E-state index contributed by atoms with van der Waals surface area (Å²) in [5, 5.41) is 3.21. The zero-order chi connectivity index (χ0) is 17.3. The standard InChI is InChI=1S/C17H22N2O4S/c1-12(2)9-23-16-6-4-3-5-13(16)17(20)19-8-7-18-14-10-24(21,22)11-15(14)19/h3-6,14-15,18H,1,7-11H2,2H3/t14-,15+/m0/s1. The summed E-state index contributed by atoms with van der Waals surface area (Å²) in [4.78, 5) is 14.7. The number of para-hydroxylation sites is 1. The highest BCUT2D eigenvalue weighted by molar-refractivity contribution is 7.91. The maximum atomic E-state index is 13.0. The molecule has 2 heterocycles. The molecular formula is C17H22N2O4S. The smallest absolute Gasteiger partial charge is 0.257 e. The molecule has 2 atom stereocenters. The number of ether oxygens (including phenoxy) is 1. The fraction of sp³-hybridized carbons (Fsp3) is 0.471. The van der Waals surface area contributed by atoms with E-state index in [1.54, 1.807) is 23.1 Å². The van der Waals surface area contributed by atoms with E-state index in [1.807, 2.05) is 13.0 Å².